The van der Waals surface area contributed by atoms with E-state index in [2.05, 4.69) is 18.4 Å². The highest BCUT2D eigenvalue weighted by atomic mass is 32.1. The zero-order chi connectivity index (χ0) is 9.26. The molecule has 1 atom stereocenters. The Morgan fingerprint density at radius 2 is 2.46 bits per heavy atom. The molecule has 70 valence electrons. The second-order valence-electron chi connectivity index (χ2n) is 3.38. The Kier molecular flexibility index (Phi) is 2.47. The number of carbonyl (C=O) groups is 1. The van der Waals surface area contributed by atoms with Gasteiger partial charge in [-0.05, 0) is 23.9 Å². The molecule has 0 aromatic carbocycles. The van der Waals surface area contributed by atoms with E-state index in [-0.39, 0.29) is 6.10 Å². The lowest BCUT2D eigenvalue weighted by molar-refractivity contribution is -0.128. The molecule has 1 saturated heterocycles. The molecule has 1 unspecified atom stereocenters. The Bertz CT molecular complexity index is 316. The van der Waals surface area contributed by atoms with Crippen molar-refractivity contribution in [2.75, 3.05) is 6.61 Å². The van der Waals surface area contributed by atoms with Gasteiger partial charge in [-0.2, -0.15) is 0 Å². The third-order valence-corrected chi connectivity index (χ3v) is 3.32. The second-order valence-corrected chi connectivity index (χ2v) is 4.32. The molecule has 1 aliphatic heterocycles. The number of ether oxygens (including phenoxy) is 1. The van der Waals surface area contributed by atoms with Crippen LogP contribution in [-0.2, 0) is 9.53 Å². The zero-order valence-electron chi connectivity index (χ0n) is 7.58. The van der Waals surface area contributed by atoms with E-state index in [1.54, 1.807) is 11.3 Å². The molecular formula is C10H12O2S. The van der Waals surface area contributed by atoms with Crippen molar-refractivity contribution in [1.82, 2.24) is 0 Å². The van der Waals surface area contributed by atoms with Gasteiger partial charge in [0.15, 0.2) is 0 Å². The first-order chi connectivity index (χ1) is 6.25. The fourth-order valence-corrected chi connectivity index (χ4v) is 2.43. The van der Waals surface area contributed by atoms with Gasteiger partial charge in [0.05, 0.1) is 12.7 Å². The summed E-state index contributed by atoms with van der Waals surface area (Å²) in [6.45, 7) is 2.64. The normalized spacial score (nSPS) is 23.5. The van der Waals surface area contributed by atoms with Gasteiger partial charge in [-0.25, -0.2) is 0 Å². The molecule has 0 spiro atoms. The molecule has 0 radical (unpaired) electrons. The van der Waals surface area contributed by atoms with Crippen LogP contribution in [0.4, 0.5) is 0 Å². The van der Waals surface area contributed by atoms with Crippen LogP contribution in [0.15, 0.2) is 11.4 Å². The van der Waals surface area contributed by atoms with Gasteiger partial charge < -0.3 is 4.74 Å². The highest BCUT2D eigenvalue weighted by molar-refractivity contribution is 7.10. The van der Waals surface area contributed by atoms with Crippen molar-refractivity contribution in [2.45, 2.75) is 25.9 Å². The fraction of sp³-hybridized carbons (Fsp3) is 0.500. The van der Waals surface area contributed by atoms with Crippen LogP contribution in [0.1, 0.15) is 29.4 Å². The van der Waals surface area contributed by atoms with E-state index in [1.165, 1.54) is 10.4 Å². The van der Waals surface area contributed by atoms with Crippen LogP contribution >= 0.6 is 11.3 Å². The van der Waals surface area contributed by atoms with Crippen LogP contribution in [0.3, 0.4) is 0 Å². The summed E-state index contributed by atoms with van der Waals surface area (Å²) in [5, 5.41) is 2.10. The minimum absolute atomic E-state index is 0.0277. The largest absolute Gasteiger partial charge is 0.372 e. The summed E-state index contributed by atoms with van der Waals surface area (Å²) in [6.07, 6.45) is 1.17. The van der Waals surface area contributed by atoms with Gasteiger partial charge in [0.25, 0.3) is 0 Å². The first-order valence-electron chi connectivity index (χ1n) is 4.44. The number of thiophene rings is 1. The third-order valence-electron chi connectivity index (χ3n) is 2.18. The molecule has 1 aromatic rings. The van der Waals surface area contributed by atoms with E-state index < -0.39 is 0 Å². The van der Waals surface area contributed by atoms with Crippen molar-refractivity contribution in [3.8, 4) is 0 Å². The quantitative estimate of drug-likeness (QED) is 0.689. The number of ketones is 1. The first kappa shape index (κ1) is 8.91. The maximum Gasteiger partial charge on any atom is 0.138 e. The third kappa shape index (κ3) is 1.98. The van der Waals surface area contributed by atoms with E-state index in [0.29, 0.717) is 25.2 Å². The second kappa shape index (κ2) is 3.60. The Labute approximate surface area is 81.5 Å². The summed E-state index contributed by atoms with van der Waals surface area (Å²) in [5.74, 6) is 0.322. The monoisotopic (exact) mass is 196 g/mol. The lowest BCUT2D eigenvalue weighted by atomic mass is 10.1. The van der Waals surface area contributed by atoms with Gasteiger partial charge in [0.2, 0.25) is 0 Å². The van der Waals surface area contributed by atoms with E-state index >= 15 is 0 Å². The summed E-state index contributed by atoms with van der Waals surface area (Å²) < 4.78 is 5.54. The number of aryl methyl sites for hydroxylation is 1. The van der Waals surface area contributed by atoms with Crippen molar-refractivity contribution in [1.29, 1.82) is 0 Å². The SMILES string of the molecule is Cc1csc(C2CC(=O)CCO2)c1. The topological polar surface area (TPSA) is 26.3 Å². The maximum absolute atomic E-state index is 11.2. The van der Waals surface area contributed by atoms with Crippen molar-refractivity contribution in [3.05, 3.63) is 21.9 Å². The Morgan fingerprint density at radius 1 is 1.62 bits per heavy atom. The lowest BCUT2D eigenvalue weighted by Gasteiger charge is -2.20. The first-order valence-corrected chi connectivity index (χ1v) is 5.32. The fourth-order valence-electron chi connectivity index (χ4n) is 1.49. The maximum atomic E-state index is 11.2. The Morgan fingerprint density at radius 3 is 3.08 bits per heavy atom. The molecule has 0 saturated carbocycles. The van der Waals surface area contributed by atoms with Crippen LogP contribution in [0, 0.1) is 6.92 Å². The molecule has 2 nitrogen and oxygen atoms in total. The van der Waals surface area contributed by atoms with Crippen LogP contribution in [0.25, 0.3) is 0 Å². The zero-order valence-corrected chi connectivity index (χ0v) is 8.39. The Hall–Kier alpha value is -0.670. The summed E-state index contributed by atoms with van der Waals surface area (Å²) in [7, 11) is 0. The standard InChI is InChI=1S/C10H12O2S/c1-7-4-10(13-6-7)9-5-8(11)2-3-12-9/h4,6,9H,2-3,5H2,1H3. The highest BCUT2D eigenvalue weighted by Gasteiger charge is 2.22. The van der Waals surface area contributed by atoms with Gasteiger partial charge in [-0.15, -0.1) is 11.3 Å². The van der Waals surface area contributed by atoms with E-state index in [0.717, 1.165) is 0 Å². The van der Waals surface area contributed by atoms with E-state index in [1.807, 2.05) is 0 Å². The molecule has 1 aliphatic rings. The minimum Gasteiger partial charge on any atom is -0.372 e. The van der Waals surface area contributed by atoms with Gasteiger partial charge in [-0.3, -0.25) is 4.79 Å². The van der Waals surface area contributed by atoms with Crippen LogP contribution < -0.4 is 0 Å². The molecule has 2 rings (SSSR count). The van der Waals surface area contributed by atoms with Crippen LogP contribution in [0.5, 0.6) is 0 Å². The molecule has 0 N–H and O–H groups in total. The number of hydrogen-bond acceptors (Lipinski definition) is 3. The minimum atomic E-state index is 0.0277. The molecule has 0 amide bonds. The van der Waals surface area contributed by atoms with Crippen molar-refractivity contribution in [2.24, 2.45) is 0 Å². The molecule has 2 heterocycles. The summed E-state index contributed by atoms with van der Waals surface area (Å²) in [4.78, 5) is 12.4. The van der Waals surface area contributed by atoms with Gasteiger partial charge in [-0.1, -0.05) is 0 Å². The lowest BCUT2D eigenvalue weighted by Crippen LogP contribution is -2.18. The van der Waals surface area contributed by atoms with Gasteiger partial charge in [0.1, 0.15) is 5.78 Å². The smallest absolute Gasteiger partial charge is 0.138 e. The molecule has 13 heavy (non-hydrogen) atoms. The number of carbonyl (C=O) groups excluding carboxylic acids is 1. The van der Waals surface area contributed by atoms with Gasteiger partial charge >= 0.3 is 0 Å². The number of rotatable bonds is 1. The highest BCUT2D eigenvalue weighted by Crippen LogP contribution is 2.30. The summed E-state index contributed by atoms with van der Waals surface area (Å²) in [5.41, 5.74) is 1.25. The Balaban J connectivity index is 2.12. The molecule has 1 aromatic heterocycles. The summed E-state index contributed by atoms with van der Waals surface area (Å²) >= 11 is 1.68. The van der Waals surface area contributed by atoms with Crippen LogP contribution in [0.2, 0.25) is 0 Å². The van der Waals surface area contributed by atoms with Crippen LogP contribution in [-0.4, -0.2) is 12.4 Å². The molecule has 3 heteroatoms. The number of Topliss-reactive ketones (excluding diaryl/α,β-unsaturated/α-hetero) is 1. The number of hydrogen-bond donors (Lipinski definition) is 0. The predicted octanol–water partition coefficient (Wildman–Crippen LogP) is 2.48. The average Bonchev–Trinajstić information content (AvgIpc) is 2.52. The molecular weight excluding hydrogens is 184 g/mol. The van der Waals surface area contributed by atoms with Crippen molar-refractivity contribution >= 4 is 17.1 Å². The van der Waals surface area contributed by atoms with Gasteiger partial charge in [0, 0.05) is 17.7 Å². The van der Waals surface area contributed by atoms with Crippen molar-refractivity contribution < 1.29 is 9.53 Å². The average molecular weight is 196 g/mol. The predicted molar refractivity (Wildman–Crippen MR) is 52.0 cm³/mol. The van der Waals surface area contributed by atoms with E-state index in [9.17, 15) is 4.79 Å². The molecule has 0 aliphatic carbocycles. The molecule has 0 bridgehead atoms. The summed E-state index contributed by atoms with van der Waals surface area (Å²) in [6, 6.07) is 2.11. The van der Waals surface area contributed by atoms with E-state index in [4.69, 9.17) is 4.74 Å². The van der Waals surface area contributed by atoms with Crippen molar-refractivity contribution in [3.63, 3.8) is 0 Å². The molecule has 1 fully saturated rings.